The van der Waals surface area contributed by atoms with Crippen molar-refractivity contribution in [1.29, 1.82) is 0 Å². The number of amides is 5. The van der Waals surface area contributed by atoms with Crippen LogP contribution in [-0.4, -0.2) is 75.1 Å². The smallest absolute Gasteiger partial charge is 0.256 e. The minimum absolute atomic E-state index is 0.116. The van der Waals surface area contributed by atoms with Gasteiger partial charge in [0, 0.05) is 29.7 Å². The summed E-state index contributed by atoms with van der Waals surface area (Å²) in [6, 6.07) is 0. The van der Waals surface area contributed by atoms with E-state index in [-0.39, 0.29) is 55.0 Å². The molecule has 0 aromatic heterocycles. The molecule has 206 valence electrons. The molecule has 3 atom stereocenters. The van der Waals surface area contributed by atoms with Gasteiger partial charge in [-0.25, -0.2) is 0 Å². The first-order valence-corrected chi connectivity index (χ1v) is 16.7. The van der Waals surface area contributed by atoms with Crippen LogP contribution >= 0.6 is 116 Å². The maximum atomic E-state index is 13.9. The molecule has 10 nitrogen and oxygen atoms in total. The molecule has 0 aliphatic heterocycles. The molecule has 1 aromatic carbocycles. The van der Waals surface area contributed by atoms with Crippen LogP contribution in [0.25, 0.3) is 0 Å². The van der Waals surface area contributed by atoms with Gasteiger partial charge in [-0.2, -0.15) is 0 Å². The highest BCUT2D eigenvalue weighted by molar-refractivity contribution is 14.1. The number of rotatable bonds is 12. The topological polar surface area (TPSA) is 151 Å². The van der Waals surface area contributed by atoms with Crippen molar-refractivity contribution in [2.75, 3.05) is 31.5 Å². The molecule has 5 amide bonds. The fourth-order valence-electron chi connectivity index (χ4n) is 2.78. The Morgan fingerprint density at radius 1 is 0.757 bits per heavy atom. The minimum Gasteiger partial charge on any atom is -0.366 e. The Morgan fingerprint density at radius 2 is 1.16 bits per heavy atom. The first-order chi connectivity index (χ1) is 17.1. The summed E-state index contributed by atoms with van der Waals surface area (Å²) in [5, 5.41) is 8.25. The van der Waals surface area contributed by atoms with Crippen molar-refractivity contribution in [3.8, 4) is 0 Å². The second kappa shape index (κ2) is 16.5. The van der Waals surface area contributed by atoms with E-state index in [4.69, 9.17) is 5.73 Å². The molecule has 0 aliphatic carbocycles. The molecule has 5 N–H and O–H groups in total. The van der Waals surface area contributed by atoms with Gasteiger partial charge in [0.25, 0.3) is 11.8 Å². The lowest BCUT2D eigenvalue weighted by atomic mass is 10.1. The van der Waals surface area contributed by atoms with Gasteiger partial charge in [0.15, 0.2) is 0 Å². The van der Waals surface area contributed by atoms with Crippen LogP contribution in [0, 0.1) is 10.7 Å². The second-order valence-electron chi connectivity index (χ2n) is 7.64. The second-order valence-corrected chi connectivity index (χ2v) is 15.0. The zero-order valence-corrected chi connectivity index (χ0v) is 31.1. The van der Waals surface area contributed by atoms with E-state index in [0.717, 1.165) is 0 Å². The predicted molar refractivity (Wildman–Crippen MR) is 179 cm³/mol. The van der Waals surface area contributed by atoms with E-state index < -0.39 is 26.3 Å². The zero-order valence-electron chi connectivity index (χ0n) is 19.9. The third-order valence-electron chi connectivity index (χ3n) is 4.76. The molecule has 3 unspecified atom stereocenters. The van der Waals surface area contributed by atoms with Gasteiger partial charge in [0.2, 0.25) is 17.7 Å². The minimum atomic E-state index is -0.745. The molecule has 0 saturated carbocycles. The summed E-state index contributed by atoms with van der Waals surface area (Å²) in [4.78, 5) is 62.8. The fourth-order valence-corrected chi connectivity index (χ4v) is 7.65. The van der Waals surface area contributed by atoms with Crippen molar-refractivity contribution >= 4 is 151 Å². The molecule has 0 saturated heterocycles. The van der Waals surface area contributed by atoms with E-state index in [1.54, 1.807) is 20.8 Å². The predicted octanol–water partition coefficient (Wildman–Crippen LogP) is 3.56. The van der Waals surface area contributed by atoms with E-state index in [1.165, 1.54) is 4.90 Å². The SMILES string of the molecule is CC(Br)C(=O)NCCN(CCNC(=O)C(C)Br)C(=O)c1c(I)c(NC(=O)C(C)Br)c(I)c(C(N)=O)c1I. The number of anilines is 1. The standard InChI is InChI=1S/C21H25Br3I3N5O5/c1-8(22)18(34)29-4-6-32(7-5-30-19(35)9(2)23)21(37)12-13(25)11(17(28)33)14(26)16(15(12)27)31-20(36)10(3)24/h8-10H,4-7H2,1-3H3,(H2,28,33)(H,29,34)(H,30,35)(H,31,36). The van der Waals surface area contributed by atoms with Crippen molar-refractivity contribution in [2.24, 2.45) is 5.73 Å². The molecule has 0 radical (unpaired) electrons. The number of nitrogens with two attached hydrogens (primary N) is 1. The third kappa shape index (κ3) is 10.3. The van der Waals surface area contributed by atoms with Crippen LogP contribution in [0.2, 0.25) is 0 Å². The summed E-state index contributed by atoms with van der Waals surface area (Å²) in [6.07, 6.45) is 0. The molecule has 0 fully saturated rings. The molecule has 0 heterocycles. The number of benzene rings is 1. The van der Waals surface area contributed by atoms with Gasteiger partial charge < -0.3 is 26.6 Å². The normalized spacial score (nSPS) is 13.2. The van der Waals surface area contributed by atoms with E-state index in [0.29, 0.717) is 16.4 Å². The quantitative estimate of drug-likeness (QED) is 0.187. The average Bonchev–Trinajstić information content (AvgIpc) is 2.79. The highest BCUT2D eigenvalue weighted by Gasteiger charge is 2.30. The molecule has 0 spiro atoms. The first kappa shape index (κ1) is 35.2. The van der Waals surface area contributed by atoms with Crippen LogP contribution in [-0.2, 0) is 14.4 Å². The van der Waals surface area contributed by atoms with Crippen LogP contribution in [0.3, 0.4) is 0 Å². The highest BCUT2D eigenvalue weighted by Crippen LogP contribution is 2.36. The Labute approximate surface area is 281 Å². The molecule has 1 aromatic rings. The number of nitrogens with one attached hydrogen (secondary N) is 3. The summed E-state index contributed by atoms with van der Waals surface area (Å²) in [7, 11) is 0. The van der Waals surface area contributed by atoms with Crippen LogP contribution in [0.4, 0.5) is 5.69 Å². The van der Waals surface area contributed by atoms with E-state index in [2.05, 4.69) is 63.7 Å². The van der Waals surface area contributed by atoms with Crippen molar-refractivity contribution in [3.05, 3.63) is 21.8 Å². The Balaban J connectivity index is 3.49. The maximum Gasteiger partial charge on any atom is 0.256 e. The van der Waals surface area contributed by atoms with Crippen molar-refractivity contribution in [1.82, 2.24) is 15.5 Å². The summed E-state index contributed by atoms with van der Waals surface area (Å²) in [5.41, 5.74) is 6.26. The highest BCUT2D eigenvalue weighted by atomic mass is 127. The number of hydrogen-bond donors (Lipinski definition) is 4. The molecule has 0 aliphatic rings. The lowest BCUT2D eigenvalue weighted by molar-refractivity contribution is -0.120. The van der Waals surface area contributed by atoms with Crippen LogP contribution in [0.1, 0.15) is 41.5 Å². The summed E-state index contributed by atoms with van der Waals surface area (Å²) >= 11 is 15.4. The molecular formula is C21H25Br3I3N5O5. The molecule has 16 heteroatoms. The zero-order chi connectivity index (χ0) is 28.6. The lowest BCUT2D eigenvalue weighted by Crippen LogP contribution is -2.44. The van der Waals surface area contributed by atoms with E-state index in [9.17, 15) is 24.0 Å². The van der Waals surface area contributed by atoms with Gasteiger partial charge in [0.05, 0.1) is 38.4 Å². The van der Waals surface area contributed by atoms with Crippen molar-refractivity contribution in [2.45, 2.75) is 35.3 Å². The third-order valence-corrected chi connectivity index (χ3v) is 9.24. The molecular weight excluding hydrogens is 1020 g/mol. The van der Waals surface area contributed by atoms with Crippen LogP contribution in [0.15, 0.2) is 0 Å². The number of hydrogen-bond acceptors (Lipinski definition) is 5. The number of alkyl halides is 3. The van der Waals surface area contributed by atoms with Gasteiger partial charge in [-0.15, -0.1) is 0 Å². The van der Waals surface area contributed by atoms with Gasteiger partial charge in [0.1, 0.15) is 0 Å². The van der Waals surface area contributed by atoms with Crippen LogP contribution in [0.5, 0.6) is 0 Å². The molecule has 0 bridgehead atoms. The van der Waals surface area contributed by atoms with Gasteiger partial charge in [-0.3, -0.25) is 24.0 Å². The van der Waals surface area contributed by atoms with Gasteiger partial charge in [-0.1, -0.05) is 47.8 Å². The first-order valence-electron chi connectivity index (χ1n) is 10.7. The monoisotopic (exact) mass is 1040 g/mol. The van der Waals surface area contributed by atoms with Crippen LogP contribution < -0.4 is 21.7 Å². The summed E-state index contributed by atoms with van der Waals surface area (Å²) in [6.45, 7) is 5.60. The summed E-state index contributed by atoms with van der Waals surface area (Å²) < 4.78 is 1.19. The van der Waals surface area contributed by atoms with E-state index in [1.807, 2.05) is 67.8 Å². The maximum absolute atomic E-state index is 13.9. The Morgan fingerprint density at radius 3 is 1.54 bits per heavy atom. The largest absolute Gasteiger partial charge is 0.366 e. The average molecular weight is 1050 g/mol. The lowest BCUT2D eigenvalue weighted by Gasteiger charge is -2.26. The Bertz CT molecular complexity index is 1050. The van der Waals surface area contributed by atoms with Gasteiger partial charge >= 0.3 is 0 Å². The Hall–Kier alpha value is 0.200. The number of halogens is 6. The summed E-state index contributed by atoms with van der Waals surface area (Å²) in [5.74, 6) is -2.03. The van der Waals surface area contributed by atoms with Crippen molar-refractivity contribution in [3.63, 3.8) is 0 Å². The Kier molecular flexibility index (Phi) is 15.7. The molecule has 1 rings (SSSR count). The fraction of sp³-hybridized carbons (Fsp3) is 0.476. The number of carbonyl (C=O) groups excluding carboxylic acids is 5. The van der Waals surface area contributed by atoms with Crippen molar-refractivity contribution < 1.29 is 24.0 Å². The van der Waals surface area contributed by atoms with E-state index >= 15 is 0 Å². The molecule has 37 heavy (non-hydrogen) atoms. The number of carbonyl (C=O) groups is 5. The number of nitrogens with zero attached hydrogens (tertiary/aromatic N) is 1. The number of primary amides is 1. The van der Waals surface area contributed by atoms with Gasteiger partial charge in [-0.05, 0) is 88.5 Å².